The predicted octanol–water partition coefficient (Wildman–Crippen LogP) is 2.63. The lowest BCUT2D eigenvalue weighted by Crippen LogP contribution is -2.51. The van der Waals surface area contributed by atoms with Crippen molar-refractivity contribution in [2.24, 2.45) is 0 Å². The molecule has 0 saturated carbocycles. The number of nitrogens with one attached hydrogen (secondary N) is 1. The molecule has 2 aromatic heterocycles. The first kappa shape index (κ1) is 15.8. The number of aliphatic carboxylic acids is 1. The standard InChI is InChI=1S/C16H18N2O4/c1-4-16(3,15(20)21)18-14(19)11-7-8-12(17-10(11)2)13-6-5-9-22-13/h5-9H,4H2,1-3H3,(H,18,19)(H,20,21). The molecule has 0 spiro atoms. The first-order valence-electron chi connectivity index (χ1n) is 6.95. The van der Waals surface area contributed by atoms with E-state index < -0.39 is 17.4 Å². The fourth-order valence-electron chi connectivity index (χ4n) is 1.97. The molecular formula is C16H18N2O4. The molecule has 0 fully saturated rings. The zero-order chi connectivity index (χ0) is 16.3. The van der Waals surface area contributed by atoms with Crippen LogP contribution in [0.5, 0.6) is 0 Å². The number of aryl methyl sites for hydroxylation is 1. The number of carbonyl (C=O) groups excluding carboxylic acids is 1. The summed E-state index contributed by atoms with van der Waals surface area (Å²) in [5.74, 6) is -0.914. The molecule has 0 bridgehead atoms. The Morgan fingerprint density at radius 3 is 2.59 bits per heavy atom. The minimum absolute atomic E-state index is 0.283. The predicted molar refractivity (Wildman–Crippen MR) is 80.5 cm³/mol. The Balaban J connectivity index is 2.26. The molecule has 0 radical (unpaired) electrons. The molecule has 1 atom stereocenters. The lowest BCUT2D eigenvalue weighted by Gasteiger charge is -2.24. The summed E-state index contributed by atoms with van der Waals surface area (Å²) in [6.45, 7) is 4.89. The van der Waals surface area contributed by atoms with E-state index in [9.17, 15) is 14.7 Å². The maximum absolute atomic E-state index is 12.3. The third-order valence-corrected chi connectivity index (χ3v) is 3.67. The second-order valence-electron chi connectivity index (χ2n) is 5.25. The fraction of sp³-hybridized carbons (Fsp3) is 0.312. The quantitative estimate of drug-likeness (QED) is 0.885. The number of rotatable bonds is 5. The highest BCUT2D eigenvalue weighted by Crippen LogP contribution is 2.20. The van der Waals surface area contributed by atoms with Crippen LogP contribution in [0.4, 0.5) is 0 Å². The lowest BCUT2D eigenvalue weighted by atomic mass is 9.98. The van der Waals surface area contributed by atoms with Crippen molar-refractivity contribution in [2.45, 2.75) is 32.7 Å². The highest BCUT2D eigenvalue weighted by Gasteiger charge is 2.33. The van der Waals surface area contributed by atoms with Gasteiger partial charge >= 0.3 is 5.97 Å². The molecule has 6 nitrogen and oxygen atoms in total. The molecule has 0 saturated heterocycles. The van der Waals surface area contributed by atoms with Gasteiger partial charge in [-0.15, -0.1) is 0 Å². The van der Waals surface area contributed by atoms with Gasteiger partial charge in [0.25, 0.3) is 5.91 Å². The Hall–Kier alpha value is -2.63. The fourth-order valence-corrected chi connectivity index (χ4v) is 1.97. The normalized spacial score (nSPS) is 13.4. The minimum Gasteiger partial charge on any atom is -0.480 e. The smallest absolute Gasteiger partial charge is 0.329 e. The summed E-state index contributed by atoms with van der Waals surface area (Å²) < 4.78 is 5.26. The molecule has 6 heteroatoms. The molecule has 116 valence electrons. The third kappa shape index (κ3) is 3.00. The molecular weight excluding hydrogens is 284 g/mol. The van der Waals surface area contributed by atoms with Crippen LogP contribution in [0.3, 0.4) is 0 Å². The number of carbonyl (C=O) groups is 2. The maximum Gasteiger partial charge on any atom is 0.329 e. The van der Waals surface area contributed by atoms with E-state index in [4.69, 9.17) is 4.42 Å². The van der Waals surface area contributed by atoms with Gasteiger partial charge in [0, 0.05) is 0 Å². The SMILES string of the molecule is CCC(C)(NC(=O)c1ccc(-c2ccco2)nc1C)C(=O)O. The summed E-state index contributed by atoms with van der Waals surface area (Å²) in [6, 6.07) is 6.82. The van der Waals surface area contributed by atoms with E-state index in [1.807, 2.05) is 0 Å². The summed E-state index contributed by atoms with van der Waals surface area (Å²) in [6.07, 6.45) is 1.83. The molecule has 2 aromatic rings. The molecule has 2 heterocycles. The molecule has 2 rings (SSSR count). The van der Waals surface area contributed by atoms with Gasteiger partial charge in [0.2, 0.25) is 0 Å². The monoisotopic (exact) mass is 302 g/mol. The van der Waals surface area contributed by atoms with E-state index in [2.05, 4.69) is 10.3 Å². The molecule has 0 aromatic carbocycles. The highest BCUT2D eigenvalue weighted by molar-refractivity contribution is 5.98. The highest BCUT2D eigenvalue weighted by atomic mass is 16.4. The van der Waals surface area contributed by atoms with E-state index in [0.717, 1.165) is 0 Å². The third-order valence-electron chi connectivity index (χ3n) is 3.67. The van der Waals surface area contributed by atoms with Gasteiger partial charge in [-0.25, -0.2) is 9.78 Å². The van der Waals surface area contributed by atoms with Gasteiger partial charge in [-0.3, -0.25) is 4.79 Å². The van der Waals surface area contributed by atoms with Crippen LogP contribution in [0.1, 0.15) is 36.3 Å². The Labute approximate surface area is 128 Å². The van der Waals surface area contributed by atoms with Crippen molar-refractivity contribution in [2.75, 3.05) is 0 Å². The zero-order valence-corrected chi connectivity index (χ0v) is 12.7. The molecule has 0 aliphatic heterocycles. The zero-order valence-electron chi connectivity index (χ0n) is 12.7. The van der Waals surface area contributed by atoms with Crippen LogP contribution in [-0.4, -0.2) is 27.5 Å². The number of carboxylic acid groups (broad SMARTS) is 1. The van der Waals surface area contributed by atoms with Crippen molar-refractivity contribution in [3.8, 4) is 11.5 Å². The van der Waals surface area contributed by atoms with Crippen LogP contribution in [0, 0.1) is 6.92 Å². The van der Waals surface area contributed by atoms with Crippen LogP contribution in [0.2, 0.25) is 0 Å². The first-order valence-corrected chi connectivity index (χ1v) is 6.95. The van der Waals surface area contributed by atoms with E-state index >= 15 is 0 Å². The number of furan rings is 1. The number of hydrogen-bond donors (Lipinski definition) is 2. The summed E-state index contributed by atoms with van der Waals surface area (Å²) in [5.41, 5.74) is 0.172. The Bertz CT molecular complexity index is 694. The summed E-state index contributed by atoms with van der Waals surface area (Å²) in [5, 5.41) is 11.8. The molecule has 0 aliphatic carbocycles. The van der Waals surface area contributed by atoms with Crippen molar-refractivity contribution in [3.05, 3.63) is 41.8 Å². The second kappa shape index (κ2) is 6.01. The molecule has 22 heavy (non-hydrogen) atoms. The Kier molecular flexibility index (Phi) is 4.30. The van der Waals surface area contributed by atoms with Crippen LogP contribution >= 0.6 is 0 Å². The Morgan fingerprint density at radius 1 is 1.36 bits per heavy atom. The van der Waals surface area contributed by atoms with Gasteiger partial charge in [0.05, 0.1) is 17.5 Å². The number of nitrogens with zero attached hydrogens (tertiary/aromatic N) is 1. The first-order chi connectivity index (χ1) is 10.4. The van der Waals surface area contributed by atoms with E-state index in [1.54, 1.807) is 44.4 Å². The second-order valence-corrected chi connectivity index (χ2v) is 5.25. The van der Waals surface area contributed by atoms with Crippen molar-refractivity contribution in [3.63, 3.8) is 0 Å². The molecule has 1 amide bonds. The van der Waals surface area contributed by atoms with Gasteiger partial charge < -0.3 is 14.8 Å². The van der Waals surface area contributed by atoms with Gasteiger partial charge in [-0.1, -0.05) is 6.92 Å². The number of hydrogen-bond acceptors (Lipinski definition) is 4. The molecule has 1 unspecified atom stereocenters. The van der Waals surface area contributed by atoms with Crippen LogP contribution in [0.15, 0.2) is 34.9 Å². The van der Waals surface area contributed by atoms with Gasteiger partial charge in [0.15, 0.2) is 5.76 Å². The van der Waals surface area contributed by atoms with Gasteiger partial charge in [0.1, 0.15) is 11.2 Å². The number of amides is 1. The maximum atomic E-state index is 12.3. The minimum atomic E-state index is -1.30. The van der Waals surface area contributed by atoms with E-state index in [1.165, 1.54) is 6.92 Å². The summed E-state index contributed by atoms with van der Waals surface area (Å²) >= 11 is 0. The lowest BCUT2D eigenvalue weighted by molar-refractivity contribution is -0.143. The van der Waals surface area contributed by atoms with Crippen LogP contribution < -0.4 is 5.32 Å². The van der Waals surface area contributed by atoms with Crippen molar-refractivity contribution < 1.29 is 19.1 Å². The van der Waals surface area contributed by atoms with Gasteiger partial charge in [-0.05, 0) is 44.5 Å². The van der Waals surface area contributed by atoms with Crippen LogP contribution in [-0.2, 0) is 4.79 Å². The number of aromatic nitrogens is 1. The van der Waals surface area contributed by atoms with Crippen LogP contribution in [0.25, 0.3) is 11.5 Å². The molecule has 2 N–H and O–H groups in total. The summed E-state index contributed by atoms with van der Waals surface area (Å²) in [7, 11) is 0. The summed E-state index contributed by atoms with van der Waals surface area (Å²) in [4.78, 5) is 27.9. The van der Waals surface area contributed by atoms with Gasteiger partial charge in [-0.2, -0.15) is 0 Å². The Morgan fingerprint density at radius 2 is 2.09 bits per heavy atom. The average Bonchev–Trinajstić information content (AvgIpc) is 3.00. The topological polar surface area (TPSA) is 92.4 Å². The largest absolute Gasteiger partial charge is 0.480 e. The van der Waals surface area contributed by atoms with E-state index in [-0.39, 0.29) is 6.42 Å². The average molecular weight is 302 g/mol. The van der Waals surface area contributed by atoms with Crippen molar-refractivity contribution in [1.29, 1.82) is 0 Å². The van der Waals surface area contributed by atoms with Crippen molar-refractivity contribution >= 4 is 11.9 Å². The van der Waals surface area contributed by atoms with E-state index in [0.29, 0.717) is 22.7 Å². The molecule has 0 aliphatic rings. The number of carboxylic acids is 1. The van der Waals surface area contributed by atoms with Crippen molar-refractivity contribution in [1.82, 2.24) is 10.3 Å². The number of pyridine rings is 1.